The van der Waals surface area contributed by atoms with Gasteiger partial charge < -0.3 is 10.1 Å². The van der Waals surface area contributed by atoms with E-state index in [2.05, 4.69) is 5.32 Å². The largest absolute Gasteiger partial charge is 0.369 e. The van der Waals surface area contributed by atoms with Gasteiger partial charge in [0.1, 0.15) is 0 Å². The van der Waals surface area contributed by atoms with Crippen LogP contribution in [0.25, 0.3) is 0 Å². The smallest absolute Gasteiger partial charge is 0.226 e. The molecule has 0 spiro atoms. The highest BCUT2D eigenvalue weighted by Crippen LogP contribution is 2.42. The molecule has 94 valence electrons. The molecule has 0 aliphatic carbocycles. The summed E-state index contributed by atoms with van der Waals surface area (Å²) in [7, 11) is 0. The summed E-state index contributed by atoms with van der Waals surface area (Å²) in [4.78, 5) is 12.2. The van der Waals surface area contributed by atoms with Crippen LogP contribution in [0.2, 0.25) is 0 Å². The van der Waals surface area contributed by atoms with E-state index in [1.165, 1.54) is 0 Å². The Hall–Kier alpha value is -0.570. The summed E-state index contributed by atoms with van der Waals surface area (Å²) in [6, 6.07) is 0. The van der Waals surface area contributed by atoms with Gasteiger partial charge in [-0.2, -0.15) is 0 Å². The zero-order chi connectivity index (χ0) is 12.8. The van der Waals surface area contributed by atoms with Gasteiger partial charge in [-0.25, -0.2) is 0 Å². The van der Waals surface area contributed by atoms with Crippen LogP contribution < -0.4 is 5.32 Å². The van der Waals surface area contributed by atoms with Gasteiger partial charge in [0.2, 0.25) is 5.91 Å². The Bertz CT molecular complexity index is 287. The van der Waals surface area contributed by atoms with E-state index in [1.54, 1.807) is 0 Å². The molecule has 1 saturated heterocycles. The molecule has 0 saturated carbocycles. The minimum Gasteiger partial charge on any atom is -0.369 e. The second-order valence-corrected chi connectivity index (χ2v) is 6.96. The Labute approximate surface area is 98.9 Å². The fourth-order valence-electron chi connectivity index (χ4n) is 2.43. The highest BCUT2D eigenvalue weighted by Gasteiger charge is 2.49. The predicted octanol–water partition coefficient (Wildman–Crippen LogP) is 2.49. The summed E-state index contributed by atoms with van der Waals surface area (Å²) in [5.41, 5.74) is -0.762. The standard InChI is InChI=1S/C13H25NO2/c1-11(2,3)14-10(15)9-8-12(4,5)16-13(9,6)7/h9H,8H2,1-7H3,(H,14,15). The van der Waals surface area contributed by atoms with Gasteiger partial charge in [0, 0.05) is 5.54 Å². The van der Waals surface area contributed by atoms with Crippen molar-refractivity contribution in [1.82, 2.24) is 5.32 Å². The van der Waals surface area contributed by atoms with Crippen molar-refractivity contribution in [1.29, 1.82) is 0 Å². The number of carbonyl (C=O) groups excluding carboxylic acids is 1. The SMILES string of the molecule is CC(C)(C)NC(=O)C1CC(C)(C)OC1(C)C. The van der Waals surface area contributed by atoms with Crippen molar-refractivity contribution in [2.75, 3.05) is 0 Å². The lowest BCUT2D eigenvalue weighted by molar-refractivity contribution is -0.132. The van der Waals surface area contributed by atoms with Crippen molar-refractivity contribution in [3.05, 3.63) is 0 Å². The molecule has 1 atom stereocenters. The van der Waals surface area contributed by atoms with Crippen molar-refractivity contribution in [3.8, 4) is 0 Å². The van der Waals surface area contributed by atoms with E-state index < -0.39 is 0 Å². The van der Waals surface area contributed by atoms with Crippen LogP contribution in [0.5, 0.6) is 0 Å². The zero-order valence-corrected chi connectivity index (χ0v) is 11.6. The molecule has 1 amide bonds. The molecule has 16 heavy (non-hydrogen) atoms. The van der Waals surface area contributed by atoms with Crippen molar-refractivity contribution < 1.29 is 9.53 Å². The van der Waals surface area contributed by atoms with Crippen LogP contribution in [-0.4, -0.2) is 22.6 Å². The third-order valence-corrected chi connectivity index (χ3v) is 2.89. The van der Waals surface area contributed by atoms with E-state index in [9.17, 15) is 4.79 Å². The van der Waals surface area contributed by atoms with Gasteiger partial charge in [-0.05, 0) is 54.9 Å². The van der Waals surface area contributed by atoms with E-state index in [-0.39, 0.29) is 28.6 Å². The molecule has 0 aromatic heterocycles. The number of ether oxygens (including phenoxy) is 1. The Morgan fingerprint density at radius 3 is 2.06 bits per heavy atom. The normalized spacial score (nSPS) is 27.8. The summed E-state index contributed by atoms with van der Waals surface area (Å²) in [5, 5.41) is 3.04. The van der Waals surface area contributed by atoms with Gasteiger partial charge in [-0.3, -0.25) is 4.79 Å². The van der Waals surface area contributed by atoms with Crippen molar-refractivity contribution in [2.24, 2.45) is 5.92 Å². The van der Waals surface area contributed by atoms with Crippen LogP contribution in [0.4, 0.5) is 0 Å². The molecule has 1 heterocycles. The molecule has 1 unspecified atom stereocenters. The monoisotopic (exact) mass is 227 g/mol. The molecule has 0 radical (unpaired) electrons. The van der Waals surface area contributed by atoms with Gasteiger partial charge in [-0.1, -0.05) is 0 Å². The number of rotatable bonds is 1. The second kappa shape index (κ2) is 3.73. The quantitative estimate of drug-likeness (QED) is 0.747. The van der Waals surface area contributed by atoms with Gasteiger partial charge in [0.25, 0.3) is 0 Å². The Morgan fingerprint density at radius 1 is 1.25 bits per heavy atom. The highest BCUT2D eigenvalue weighted by molar-refractivity contribution is 5.81. The zero-order valence-electron chi connectivity index (χ0n) is 11.6. The molecule has 1 aliphatic rings. The summed E-state index contributed by atoms with van der Waals surface area (Å²) in [5.74, 6) is 0.0322. The van der Waals surface area contributed by atoms with Crippen LogP contribution in [0, 0.1) is 5.92 Å². The van der Waals surface area contributed by atoms with Crippen LogP contribution >= 0.6 is 0 Å². The molecule has 1 N–H and O–H groups in total. The minimum absolute atomic E-state index is 0.0678. The molecular formula is C13H25NO2. The molecule has 0 aromatic carbocycles. The van der Waals surface area contributed by atoms with Crippen LogP contribution in [0.1, 0.15) is 54.9 Å². The van der Waals surface area contributed by atoms with Gasteiger partial charge in [0.05, 0.1) is 17.1 Å². The van der Waals surface area contributed by atoms with Crippen LogP contribution in [-0.2, 0) is 9.53 Å². The average molecular weight is 227 g/mol. The van der Waals surface area contributed by atoms with Gasteiger partial charge >= 0.3 is 0 Å². The first-order valence-electron chi connectivity index (χ1n) is 5.95. The summed E-state index contributed by atoms with van der Waals surface area (Å²) < 4.78 is 5.92. The van der Waals surface area contributed by atoms with E-state index in [4.69, 9.17) is 4.74 Å². The van der Waals surface area contributed by atoms with Crippen LogP contribution in [0.15, 0.2) is 0 Å². The molecular weight excluding hydrogens is 202 g/mol. The predicted molar refractivity (Wildman–Crippen MR) is 65.2 cm³/mol. The lowest BCUT2D eigenvalue weighted by Crippen LogP contribution is -2.48. The number of nitrogens with one attached hydrogen (secondary N) is 1. The molecule has 1 fully saturated rings. The lowest BCUT2D eigenvalue weighted by atomic mass is 9.86. The summed E-state index contributed by atoms with van der Waals surface area (Å²) in [6.07, 6.45) is 0.780. The maximum absolute atomic E-state index is 12.2. The first-order chi connectivity index (χ1) is 6.93. The van der Waals surface area contributed by atoms with Crippen molar-refractivity contribution in [2.45, 2.75) is 71.6 Å². The Kier molecular flexibility index (Phi) is 3.14. The molecule has 0 bridgehead atoms. The first-order valence-corrected chi connectivity index (χ1v) is 5.95. The van der Waals surface area contributed by atoms with E-state index in [0.717, 1.165) is 6.42 Å². The minimum atomic E-state index is -0.376. The number of hydrogen-bond donors (Lipinski definition) is 1. The maximum Gasteiger partial charge on any atom is 0.226 e. The molecule has 0 aromatic rings. The summed E-state index contributed by atoms with van der Waals surface area (Å²) >= 11 is 0. The molecule has 1 rings (SSSR count). The summed E-state index contributed by atoms with van der Waals surface area (Å²) in [6.45, 7) is 14.1. The van der Waals surface area contributed by atoms with Crippen molar-refractivity contribution >= 4 is 5.91 Å². The van der Waals surface area contributed by atoms with E-state index in [0.29, 0.717) is 0 Å². The highest BCUT2D eigenvalue weighted by atomic mass is 16.5. The third kappa shape index (κ3) is 3.21. The topological polar surface area (TPSA) is 38.3 Å². The fraction of sp³-hybridized carbons (Fsp3) is 0.923. The van der Waals surface area contributed by atoms with Crippen molar-refractivity contribution in [3.63, 3.8) is 0 Å². The molecule has 3 heteroatoms. The first kappa shape index (κ1) is 13.5. The molecule has 1 aliphatic heterocycles. The average Bonchev–Trinajstić information content (AvgIpc) is 2.14. The fourth-order valence-corrected chi connectivity index (χ4v) is 2.43. The lowest BCUT2D eigenvalue weighted by Gasteiger charge is -2.29. The van der Waals surface area contributed by atoms with E-state index in [1.807, 2.05) is 48.5 Å². The number of amides is 1. The van der Waals surface area contributed by atoms with Gasteiger partial charge in [-0.15, -0.1) is 0 Å². The van der Waals surface area contributed by atoms with Crippen LogP contribution in [0.3, 0.4) is 0 Å². The number of hydrogen-bond acceptors (Lipinski definition) is 2. The Balaban J connectivity index is 2.78. The Morgan fingerprint density at radius 2 is 1.75 bits per heavy atom. The number of carbonyl (C=O) groups is 1. The van der Waals surface area contributed by atoms with E-state index >= 15 is 0 Å². The third-order valence-electron chi connectivity index (χ3n) is 2.89. The second-order valence-electron chi connectivity index (χ2n) is 6.96. The molecule has 3 nitrogen and oxygen atoms in total. The van der Waals surface area contributed by atoms with Gasteiger partial charge in [0.15, 0.2) is 0 Å². The maximum atomic E-state index is 12.2.